The van der Waals surface area contributed by atoms with Crippen LogP contribution in [0.3, 0.4) is 0 Å². The summed E-state index contributed by atoms with van der Waals surface area (Å²) in [4.78, 5) is 40.6. The first-order valence-corrected chi connectivity index (χ1v) is 12.7. The number of carbonyl (C=O) groups excluding carboxylic acids is 3. The van der Waals surface area contributed by atoms with E-state index in [0.29, 0.717) is 6.29 Å². The molecule has 1 heterocycles. The van der Waals surface area contributed by atoms with Crippen LogP contribution in [-0.4, -0.2) is 61.4 Å². The Hall–Kier alpha value is -3.66. The molecule has 0 aliphatic heterocycles. The fraction of sp³-hybridized carbons (Fsp3) is 0.500. The lowest BCUT2D eigenvalue weighted by molar-refractivity contribution is -0.147. The zero-order valence-corrected chi connectivity index (χ0v) is 22.3. The number of hydrogen-bond donors (Lipinski definition) is 1. The van der Waals surface area contributed by atoms with Crippen LogP contribution in [0.5, 0.6) is 17.2 Å². The summed E-state index contributed by atoms with van der Waals surface area (Å²) < 4.78 is 28.0. The van der Waals surface area contributed by atoms with E-state index in [1.807, 2.05) is 37.3 Å². The van der Waals surface area contributed by atoms with Crippen molar-refractivity contribution in [3.63, 3.8) is 0 Å². The molecule has 10 nitrogen and oxygen atoms in total. The molecule has 1 fully saturated rings. The fourth-order valence-corrected chi connectivity index (χ4v) is 4.47. The quantitative estimate of drug-likeness (QED) is 0.222. The smallest absolute Gasteiger partial charge is 0.305 e. The molecule has 38 heavy (non-hydrogen) atoms. The predicted molar refractivity (Wildman–Crippen MR) is 138 cm³/mol. The number of ether oxygens (including phenoxy) is 5. The number of para-hydroxylation sites is 1. The van der Waals surface area contributed by atoms with E-state index in [-0.39, 0.29) is 41.9 Å². The van der Waals surface area contributed by atoms with Crippen molar-refractivity contribution in [1.82, 2.24) is 10.3 Å². The van der Waals surface area contributed by atoms with E-state index in [2.05, 4.69) is 10.3 Å². The molecule has 1 aliphatic carbocycles. The van der Waals surface area contributed by atoms with Crippen molar-refractivity contribution < 1.29 is 38.1 Å². The molecular weight excluding hydrogens is 492 g/mol. The fourth-order valence-electron chi connectivity index (χ4n) is 4.47. The average molecular weight is 529 g/mol. The van der Waals surface area contributed by atoms with Crippen LogP contribution < -0.4 is 19.5 Å². The second-order valence-electron chi connectivity index (χ2n) is 9.53. The Kier molecular flexibility index (Phi) is 10.5. The summed E-state index contributed by atoms with van der Waals surface area (Å²) in [5.41, 5.74) is -1.49. The lowest BCUT2D eigenvalue weighted by Crippen LogP contribution is -2.53. The van der Waals surface area contributed by atoms with Crippen molar-refractivity contribution in [2.45, 2.75) is 64.2 Å². The van der Waals surface area contributed by atoms with Crippen molar-refractivity contribution in [3.05, 3.63) is 48.3 Å². The van der Waals surface area contributed by atoms with Gasteiger partial charge in [0.1, 0.15) is 23.7 Å². The molecule has 1 aromatic heterocycles. The van der Waals surface area contributed by atoms with Gasteiger partial charge in [0.05, 0.1) is 19.8 Å². The maximum absolute atomic E-state index is 13.2. The van der Waals surface area contributed by atoms with Crippen LogP contribution in [0.4, 0.5) is 0 Å². The van der Waals surface area contributed by atoms with Crippen molar-refractivity contribution in [2.24, 2.45) is 5.92 Å². The lowest BCUT2D eigenvalue weighted by atomic mass is 9.96. The molecule has 0 saturated heterocycles. The van der Waals surface area contributed by atoms with Crippen LogP contribution in [0.15, 0.2) is 42.6 Å². The molecule has 2 aromatic rings. The number of pyridine rings is 1. The number of esters is 1. The zero-order chi connectivity index (χ0) is 27.5. The third-order valence-electron chi connectivity index (χ3n) is 6.40. The van der Waals surface area contributed by atoms with Crippen LogP contribution >= 0.6 is 0 Å². The molecule has 1 aliphatic rings. The number of methoxy groups -OCH3 is 1. The lowest BCUT2D eigenvalue weighted by Gasteiger charge is -2.33. The Labute approximate surface area is 223 Å². The molecule has 0 unspecified atom stereocenters. The Morgan fingerprint density at radius 1 is 1.18 bits per heavy atom. The highest BCUT2D eigenvalue weighted by Gasteiger charge is 2.36. The van der Waals surface area contributed by atoms with Crippen LogP contribution in [0.25, 0.3) is 0 Å². The van der Waals surface area contributed by atoms with Gasteiger partial charge in [-0.05, 0) is 44.7 Å². The van der Waals surface area contributed by atoms with Crippen molar-refractivity contribution in [2.75, 3.05) is 20.5 Å². The number of carbonyl (C=O) groups is 3. The molecule has 10 heteroatoms. The average Bonchev–Trinajstić information content (AvgIpc) is 3.43. The van der Waals surface area contributed by atoms with E-state index in [1.165, 1.54) is 26.3 Å². The van der Waals surface area contributed by atoms with E-state index in [9.17, 15) is 14.4 Å². The van der Waals surface area contributed by atoms with Crippen molar-refractivity contribution in [3.8, 4) is 17.2 Å². The number of amides is 1. The van der Waals surface area contributed by atoms with Gasteiger partial charge < -0.3 is 33.8 Å². The topological polar surface area (TPSA) is 122 Å². The van der Waals surface area contributed by atoms with Gasteiger partial charge in [0.15, 0.2) is 17.2 Å². The highest BCUT2D eigenvalue weighted by Crippen LogP contribution is 2.33. The van der Waals surface area contributed by atoms with Crippen LogP contribution in [0, 0.1) is 5.92 Å². The number of rotatable bonds is 14. The Morgan fingerprint density at radius 2 is 1.89 bits per heavy atom. The molecule has 0 bridgehead atoms. The molecular formula is C28H36N2O8. The molecule has 3 atom stereocenters. The van der Waals surface area contributed by atoms with Crippen LogP contribution in [-0.2, 0) is 19.1 Å². The van der Waals surface area contributed by atoms with Gasteiger partial charge in [-0.1, -0.05) is 31.0 Å². The monoisotopic (exact) mass is 528 g/mol. The summed E-state index contributed by atoms with van der Waals surface area (Å²) in [6, 6.07) is 11.0. The normalized spacial score (nSPS) is 16.5. The Morgan fingerprint density at radius 3 is 2.53 bits per heavy atom. The summed E-state index contributed by atoms with van der Waals surface area (Å²) in [6.45, 7) is 4.26. The van der Waals surface area contributed by atoms with Gasteiger partial charge >= 0.3 is 5.97 Å². The zero-order valence-electron chi connectivity index (χ0n) is 22.3. The number of nitrogens with one attached hydrogen (secondary N) is 1. The molecule has 1 aromatic carbocycles. The SMILES string of the molecule is COc1ccnc(C(=O)N[C@](C)(C=O)CO[C@@H](C2CCCC2)[C@H](C)Oc2ccccc2)c1OCOC(C)=O. The summed E-state index contributed by atoms with van der Waals surface area (Å²) in [6.07, 6.45) is 5.71. The van der Waals surface area contributed by atoms with E-state index >= 15 is 0 Å². The van der Waals surface area contributed by atoms with Crippen molar-refractivity contribution in [1.29, 1.82) is 0 Å². The summed E-state index contributed by atoms with van der Waals surface area (Å²) >= 11 is 0. The number of aromatic nitrogens is 1. The largest absolute Gasteiger partial charge is 0.493 e. The van der Waals surface area contributed by atoms with E-state index in [1.54, 1.807) is 6.92 Å². The first kappa shape index (κ1) is 28.9. The summed E-state index contributed by atoms with van der Waals surface area (Å²) in [5, 5.41) is 2.71. The number of aldehydes is 1. The maximum Gasteiger partial charge on any atom is 0.305 e. The van der Waals surface area contributed by atoms with E-state index in [0.717, 1.165) is 31.4 Å². The predicted octanol–water partition coefficient (Wildman–Crippen LogP) is 3.72. The maximum atomic E-state index is 13.2. The summed E-state index contributed by atoms with van der Waals surface area (Å²) in [7, 11) is 1.40. The molecule has 0 radical (unpaired) electrons. The number of nitrogens with zero attached hydrogens (tertiary/aromatic N) is 1. The molecule has 1 saturated carbocycles. The van der Waals surface area contributed by atoms with Gasteiger partial charge in [0.2, 0.25) is 6.79 Å². The minimum absolute atomic E-state index is 0.0170. The van der Waals surface area contributed by atoms with Gasteiger partial charge in [0.25, 0.3) is 5.91 Å². The molecule has 3 rings (SSSR count). The molecule has 1 amide bonds. The minimum atomic E-state index is -1.36. The number of hydrogen-bond acceptors (Lipinski definition) is 9. The first-order chi connectivity index (χ1) is 18.3. The van der Waals surface area contributed by atoms with Crippen LogP contribution in [0.1, 0.15) is 56.9 Å². The van der Waals surface area contributed by atoms with Crippen LogP contribution in [0.2, 0.25) is 0 Å². The van der Waals surface area contributed by atoms with E-state index in [4.69, 9.17) is 23.7 Å². The Bertz CT molecular complexity index is 1070. The van der Waals surface area contributed by atoms with E-state index < -0.39 is 24.2 Å². The second kappa shape index (κ2) is 13.8. The van der Waals surface area contributed by atoms with Crippen molar-refractivity contribution >= 4 is 18.2 Å². The second-order valence-corrected chi connectivity index (χ2v) is 9.53. The highest BCUT2D eigenvalue weighted by molar-refractivity contribution is 5.97. The molecule has 0 spiro atoms. The van der Waals surface area contributed by atoms with Gasteiger partial charge in [0, 0.05) is 19.2 Å². The summed E-state index contributed by atoms with van der Waals surface area (Å²) in [5.74, 6) is -0.00555. The standard InChI is InChI=1S/C28H36N2O8/c1-19(38-22-12-6-5-7-13-22)25(21-10-8-9-11-21)35-17-28(3,16-31)30-27(33)24-26(37-18-36-20(2)32)23(34-4)14-15-29-24/h5-7,12-16,19,21,25H,8-11,17-18H2,1-4H3,(H,30,33)/t19-,25+,28+/m0/s1. The molecule has 206 valence electrons. The Balaban J connectivity index is 1.73. The first-order valence-electron chi connectivity index (χ1n) is 12.7. The third-order valence-corrected chi connectivity index (χ3v) is 6.40. The van der Waals surface area contributed by atoms with Gasteiger partial charge in [-0.2, -0.15) is 0 Å². The van der Waals surface area contributed by atoms with Gasteiger partial charge in [-0.25, -0.2) is 4.98 Å². The molecule has 1 N–H and O–H groups in total. The minimum Gasteiger partial charge on any atom is -0.493 e. The van der Waals surface area contributed by atoms with Gasteiger partial charge in [-0.15, -0.1) is 0 Å². The third kappa shape index (κ3) is 7.92. The van der Waals surface area contributed by atoms with Gasteiger partial charge in [-0.3, -0.25) is 9.59 Å². The highest BCUT2D eigenvalue weighted by atomic mass is 16.7. The number of benzene rings is 1.